The number of aromatic nitrogens is 1. The number of furan rings is 1. The topological polar surface area (TPSA) is 70.4 Å². The van der Waals surface area contributed by atoms with E-state index in [9.17, 15) is 4.79 Å². The van der Waals surface area contributed by atoms with Crippen molar-refractivity contribution in [2.75, 3.05) is 10.2 Å². The zero-order valence-corrected chi connectivity index (χ0v) is 20.9. The number of nitrogens with one attached hydrogen (secondary N) is 2. The van der Waals surface area contributed by atoms with Crippen LogP contribution < -0.4 is 15.5 Å². The molecule has 0 aliphatic carbocycles. The molecule has 3 heterocycles. The summed E-state index contributed by atoms with van der Waals surface area (Å²) in [5.41, 5.74) is 3.72. The average Bonchev–Trinajstić information content (AvgIpc) is 3.45. The van der Waals surface area contributed by atoms with Crippen LogP contribution in [0.5, 0.6) is 0 Å². The summed E-state index contributed by atoms with van der Waals surface area (Å²) in [6.45, 7) is 3.56. The molecule has 2 atom stereocenters. The van der Waals surface area contributed by atoms with E-state index < -0.39 is 0 Å². The van der Waals surface area contributed by atoms with Gasteiger partial charge in [-0.2, -0.15) is 0 Å². The number of amides is 1. The minimum Gasteiger partial charge on any atom is -0.452 e. The van der Waals surface area contributed by atoms with Crippen LogP contribution in [0.3, 0.4) is 0 Å². The zero-order valence-electron chi connectivity index (χ0n) is 19.3. The lowest BCUT2D eigenvalue weighted by Gasteiger charge is -2.26. The Labute approximate surface area is 213 Å². The Hall–Kier alpha value is -3.62. The van der Waals surface area contributed by atoms with Gasteiger partial charge in [0.2, 0.25) is 5.91 Å². The van der Waals surface area contributed by atoms with Crippen molar-refractivity contribution in [1.29, 1.82) is 0 Å². The molecule has 35 heavy (non-hydrogen) atoms. The third-order valence-electron chi connectivity index (χ3n) is 5.70. The molecule has 1 saturated heterocycles. The molecule has 0 radical (unpaired) electrons. The van der Waals surface area contributed by atoms with Gasteiger partial charge < -0.3 is 20.0 Å². The van der Waals surface area contributed by atoms with E-state index in [0.717, 1.165) is 32.8 Å². The van der Waals surface area contributed by atoms with Crippen LogP contribution in [-0.2, 0) is 4.79 Å². The van der Waals surface area contributed by atoms with Crippen LogP contribution in [0.4, 0.5) is 11.4 Å². The van der Waals surface area contributed by atoms with Crippen molar-refractivity contribution in [2.24, 2.45) is 0 Å². The second-order valence-electron chi connectivity index (χ2n) is 8.30. The third kappa shape index (κ3) is 5.08. The molecule has 2 N–H and O–H groups in total. The molecule has 1 amide bonds. The lowest BCUT2D eigenvalue weighted by atomic mass is 10.0. The van der Waals surface area contributed by atoms with Gasteiger partial charge in [-0.15, -0.1) is 0 Å². The summed E-state index contributed by atoms with van der Waals surface area (Å²) in [7, 11) is 0. The maximum Gasteiger partial charge on any atom is 0.221 e. The Balaban J connectivity index is 1.49. The smallest absolute Gasteiger partial charge is 0.221 e. The van der Waals surface area contributed by atoms with Gasteiger partial charge in [-0.1, -0.05) is 35.5 Å². The molecular weight excluding hydrogens is 476 g/mol. The fourth-order valence-electron chi connectivity index (χ4n) is 4.10. The Morgan fingerprint density at radius 3 is 2.51 bits per heavy atom. The Kier molecular flexibility index (Phi) is 6.57. The van der Waals surface area contributed by atoms with Crippen molar-refractivity contribution in [2.45, 2.75) is 35.9 Å². The Morgan fingerprint density at radius 1 is 1.06 bits per heavy atom. The highest BCUT2D eigenvalue weighted by molar-refractivity contribution is 7.99. The van der Waals surface area contributed by atoms with E-state index in [1.807, 2.05) is 59.5 Å². The first-order valence-electron chi connectivity index (χ1n) is 11.2. The number of pyridine rings is 1. The highest BCUT2D eigenvalue weighted by Gasteiger charge is 2.42. The molecule has 2 aromatic heterocycles. The van der Waals surface area contributed by atoms with Crippen LogP contribution >= 0.6 is 24.0 Å². The van der Waals surface area contributed by atoms with Crippen molar-refractivity contribution >= 4 is 46.4 Å². The van der Waals surface area contributed by atoms with Gasteiger partial charge in [0.15, 0.2) is 10.2 Å². The molecule has 4 aromatic rings. The molecule has 1 aliphatic rings. The lowest BCUT2D eigenvalue weighted by molar-refractivity contribution is -0.114. The van der Waals surface area contributed by atoms with Gasteiger partial charge in [-0.05, 0) is 79.8 Å². The zero-order chi connectivity index (χ0) is 24.4. The van der Waals surface area contributed by atoms with Crippen LogP contribution in [0.1, 0.15) is 36.0 Å². The predicted octanol–water partition coefficient (Wildman–Crippen LogP) is 6.27. The molecule has 0 unspecified atom stereocenters. The van der Waals surface area contributed by atoms with Gasteiger partial charge >= 0.3 is 0 Å². The van der Waals surface area contributed by atoms with Crippen molar-refractivity contribution < 1.29 is 9.21 Å². The largest absolute Gasteiger partial charge is 0.452 e. The summed E-state index contributed by atoms with van der Waals surface area (Å²) in [5, 5.41) is 7.63. The number of hydrogen-bond donors (Lipinski definition) is 2. The molecule has 0 bridgehead atoms. The first-order chi connectivity index (χ1) is 17.0. The fourth-order valence-corrected chi connectivity index (χ4v) is 5.23. The summed E-state index contributed by atoms with van der Waals surface area (Å²) < 4.78 is 6.37. The van der Waals surface area contributed by atoms with E-state index in [2.05, 4.69) is 46.8 Å². The summed E-state index contributed by atoms with van der Waals surface area (Å²) in [6, 6.07) is 25.4. The van der Waals surface area contributed by atoms with Crippen LogP contribution in [-0.4, -0.2) is 16.0 Å². The highest BCUT2D eigenvalue weighted by atomic mass is 32.2. The average molecular weight is 501 g/mol. The number of benzene rings is 2. The van der Waals surface area contributed by atoms with Crippen molar-refractivity contribution in [3.05, 3.63) is 102 Å². The molecule has 5 rings (SSSR count). The molecule has 6 nitrogen and oxygen atoms in total. The quantitative estimate of drug-likeness (QED) is 0.302. The van der Waals surface area contributed by atoms with Crippen molar-refractivity contribution in [1.82, 2.24) is 10.3 Å². The van der Waals surface area contributed by atoms with E-state index in [4.69, 9.17) is 16.6 Å². The number of hydrogen-bond acceptors (Lipinski definition) is 5. The van der Waals surface area contributed by atoms with Gasteiger partial charge in [0.05, 0.1) is 11.7 Å². The summed E-state index contributed by atoms with van der Waals surface area (Å²) in [5.74, 6) is 0.673. The van der Waals surface area contributed by atoms with Gasteiger partial charge in [-0.25, -0.2) is 0 Å². The van der Waals surface area contributed by atoms with E-state index >= 15 is 0 Å². The van der Waals surface area contributed by atoms with E-state index in [1.165, 1.54) is 12.5 Å². The normalized spacial score (nSPS) is 17.3. The number of nitrogens with zero attached hydrogens (tertiary/aromatic N) is 2. The van der Waals surface area contributed by atoms with Crippen molar-refractivity contribution in [3.63, 3.8) is 0 Å². The van der Waals surface area contributed by atoms with E-state index in [0.29, 0.717) is 5.11 Å². The Bertz CT molecular complexity index is 1340. The second kappa shape index (κ2) is 9.93. The summed E-state index contributed by atoms with van der Waals surface area (Å²) in [6.07, 6.45) is 1.78. The van der Waals surface area contributed by atoms with Crippen molar-refractivity contribution in [3.8, 4) is 0 Å². The maximum absolute atomic E-state index is 11.4. The van der Waals surface area contributed by atoms with Crippen LogP contribution in [0, 0.1) is 6.92 Å². The molecule has 1 aliphatic heterocycles. The number of anilines is 2. The summed E-state index contributed by atoms with van der Waals surface area (Å²) in [4.78, 5) is 19.2. The second-order valence-corrected chi connectivity index (χ2v) is 9.76. The fraction of sp³-hybridized carbons (Fsp3) is 0.148. The first kappa shape index (κ1) is 23.1. The van der Waals surface area contributed by atoms with Crippen LogP contribution in [0.25, 0.3) is 0 Å². The minimum absolute atomic E-state index is 0.113. The van der Waals surface area contributed by atoms with Gasteiger partial charge in [-0.3, -0.25) is 9.78 Å². The monoisotopic (exact) mass is 500 g/mol. The highest BCUT2D eigenvalue weighted by Crippen LogP contribution is 2.43. The summed E-state index contributed by atoms with van der Waals surface area (Å²) >= 11 is 7.36. The van der Waals surface area contributed by atoms with E-state index in [1.54, 1.807) is 18.0 Å². The molecule has 1 fully saturated rings. The number of thiocarbonyl (C=S) groups is 1. The molecule has 176 valence electrons. The number of rotatable bonds is 6. The predicted molar refractivity (Wildman–Crippen MR) is 143 cm³/mol. The number of aryl methyl sites for hydroxylation is 1. The number of carbonyl (C=O) groups is 1. The van der Waals surface area contributed by atoms with Gasteiger partial charge in [0.25, 0.3) is 0 Å². The molecular formula is C27H24N4O2S2. The lowest BCUT2D eigenvalue weighted by Crippen LogP contribution is -2.29. The van der Waals surface area contributed by atoms with Gasteiger partial charge in [0, 0.05) is 29.4 Å². The SMILES string of the molecule is CC(=O)Nc1ccc(N2C(=S)N[C@@H](c3ccccn3)[C@@H]2c2ccc(Sc3ccc(C)cc3)o2)cc1. The molecule has 0 spiro atoms. The first-order valence-corrected chi connectivity index (χ1v) is 12.4. The molecule has 8 heteroatoms. The van der Waals surface area contributed by atoms with Crippen LogP contribution in [0.2, 0.25) is 0 Å². The molecule has 2 aromatic carbocycles. The maximum atomic E-state index is 11.4. The van der Waals surface area contributed by atoms with Crippen LogP contribution in [0.15, 0.2) is 99.5 Å². The number of carbonyl (C=O) groups excluding carboxylic acids is 1. The Morgan fingerprint density at radius 2 is 1.83 bits per heavy atom. The minimum atomic E-state index is -0.239. The molecule has 0 saturated carbocycles. The van der Waals surface area contributed by atoms with Gasteiger partial charge in [0.1, 0.15) is 11.8 Å². The van der Waals surface area contributed by atoms with E-state index in [-0.39, 0.29) is 18.0 Å². The standard InChI is InChI=1S/C27H24N4O2S2/c1-17-6-12-21(13-7-17)35-24-15-14-23(33-24)26-25(22-5-3-4-16-28-22)30-27(34)31(26)20-10-8-19(9-11-20)29-18(2)32/h3-16,25-26H,1-2H3,(H,29,32)(H,30,34)/t25-,26-/m0/s1. The third-order valence-corrected chi connectivity index (χ3v) is 6.94.